The largest absolute Gasteiger partial charge is 0.458 e. The van der Waals surface area contributed by atoms with Crippen LogP contribution in [0.4, 0.5) is 0 Å². The van der Waals surface area contributed by atoms with Crippen molar-refractivity contribution < 1.29 is 19.7 Å². The molecule has 2 N–H and O–H groups in total. The lowest BCUT2D eigenvalue weighted by Gasteiger charge is -2.65. The van der Waals surface area contributed by atoms with E-state index in [9.17, 15) is 15.0 Å². The predicted molar refractivity (Wildman–Crippen MR) is 128 cm³/mol. The number of carbonyl (C=O) groups excluding carboxylic acids is 1. The number of benzene rings is 1. The summed E-state index contributed by atoms with van der Waals surface area (Å²) >= 11 is 0. The Hall–Kier alpha value is -1.69. The van der Waals surface area contributed by atoms with E-state index in [1.54, 1.807) is 0 Å². The number of hydrogen-bond donors (Lipinski definition) is 2. The molecule has 182 valence electrons. The number of fused-ring (bicyclic) bond motifs is 1. The maximum atomic E-state index is 13.4. The van der Waals surface area contributed by atoms with Gasteiger partial charge in [0.1, 0.15) is 6.10 Å². The minimum absolute atomic E-state index is 0.00257. The SMILES string of the molecule is C=C1[C@H]2CC3(C4C[C@H]5C6(C(OC(=O)c7ccccc7)CC[C@@]5(C)CN(CC)C46)[C@@H]3C[C@@H]2O)[C@@H]1O. The van der Waals surface area contributed by atoms with Crippen molar-refractivity contribution >= 4 is 5.97 Å². The molecule has 5 aliphatic carbocycles. The number of rotatable bonds is 3. The number of aliphatic hydroxyl groups excluding tert-OH is 2. The van der Waals surface area contributed by atoms with E-state index in [0.717, 1.165) is 44.3 Å². The molecule has 5 unspecified atom stereocenters. The molecule has 0 amide bonds. The Balaban J connectivity index is 1.39. The molecule has 1 aromatic carbocycles. The smallest absolute Gasteiger partial charge is 0.338 e. The van der Waals surface area contributed by atoms with Gasteiger partial charge in [0.25, 0.3) is 0 Å². The molecule has 2 spiro atoms. The molecule has 5 heteroatoms. The number of carbonyl (C=O) groups is 1. The van der Waals surface area contributed by atoms with Crippen molar-refractivity contribution in [3.63, 3.8) is 0 Å². The molecule has 1 aliphatic heterocycles. The summed E-state index contributed by atoms with van der Waals surface area (Å²) in [6.07, 6.45) is 3.34. The predicted octanol–water partition coefficient (Wildman–Crippen LogP) is 3.66. The Bertz CT molecular complexity index is 1060. The molecule has 5 nitrogen and oxygen atoms in total. The Morgan fingerprint density at radius 1 is 1.21 bits per heavy atom. The first kappa shape index (κ1) is 21.6. The van der Waals surface area contributed by atoms with E-state index in [1.807, 2.05) is 30.3 Å². The maximum Gasteiger partial charge on any atom is 0.338 e. The fraction of sp³-hybridized carbons (Fsp3) is 0.690. The fourth-order valence-corrected chi connectivity index (χ4v) is 10.9. The number of nitrogens with zero attached hydrogens (tertiary/aromatic N) is 1. The molecule has 34 heavy (non-hydrogen) atoms. The molecule has 6 aliphatic rings. The second-order valence-electron chi connectivity index (χ2n) is 12.6. The first-order valence-corrected chi connectivity index (χ1v) is 13.3. The Morgan fingerprint density at radius 3 is 2.71 bits per heavy atom. The minimum Gasteiger partial charge on any atom is -0.458 e. The van der Waals surface area contributed by atoms with Gasteiger partial charge in [-0.2, -0.15) is 0 Å². The zero-order valence-corrected chi connectivity index (χ0v) is 20.3. The van der Waals surface area contributed by atoms with Crippen LogP contribution in [0.25, 0.3) is 0 Å². The first-order valence-electron chi connectivity index (χ1n) is 13.3. The van der Waals surface area contributed by atoms with Gasteiger partial charge in [-0.05, 0) is 79.5 Å². The third kappa shape index (κ3) is 2.22. The van der Waals surface area contributed by atoms with E-state index in [2.05, 4.69) is 25.3 Å². The zero-order chi connectivity index (χ0) is 23.6. The highest BCUT2D eigenvalue weighted by molar-refractivity contribution is 5.89. The summed E-state index contributed by atoms with van der Waals surface area (Å²) < 4.78 is 6.50. The average molecular weight is 464 g/mol. The van der Waals surface area contributed by atoms with Gasteiger partial charge < -0.3 is 14.9 Å². The molecule has 11 atom stereocenters. The van der Waals surface area contributed by atoms with Crippen LogP contribution in [0.1, 0.15) is 56.3 Å². The lowest BCUT2D eigenvalue weighted by molar-refractivity contribution is -0.218. The summed E-state index contributed by atoms with van der Waals surface area (Å²) in [5, 5.41) is 23.0. The van der Waals surface area contributed by atoms with Gasteiger partial charge in [-0.3, -0.25) is 4.90 Å². The average Bonchev–Trinajstić information content (AvgIpc) is 3.36. The molecule has 1 saturated heterocycles. The third-order valence-electron chi connectivity index (χ3n) is 11.8. The summed E-state index contributed by atoms with van der Waals surface area (Å²) in [6.45, 7) is 11.0. The lowest BCUT2D eigenvalue weighted by atomic mass is 9.43. The van der Waals surface area contributed by atoms with Crippen LogP contribution in [0.15, 0.2) is 42.5 Å². The Kier molecular flexibility index (Phi) is 4.28. The molecule has 1 aromatic rings. The second kappa shape index (κ2) is 6.74. The molecular weight excluding hydrogens is 426 g/mol. The van der Waals surface area contributed by atoms with Gasteiger partial charge in [0, 0.05) is 29.3 Å². The van der Waals surface area contributed by atoms with Crippen molar-refractivity contribution in [2.75, 3.05) is 13.1 Å². The van der Waals surface area contributed by atoms with Gasteiger partial charge in [0.2, 0.25) is 0 Å². The Labute approximate surface area is 202 Å². The van der Waals surface area contributed by atoms with E-state index in [0.29, 0.717) is 29.9 Å². The van der Waals surface area contributed by atoms with Crippen molar-refractivity contribution in [1.29, 1.82) is 0 Å². The van der Waals surface area contributed by atoms with Gasteiger partial charge in [-0.1, -0.05) is 38.6 Å². The molecule has 0 radical (unpaired) electrons. The van der Waals surface area contributed by atoms with Gasteiger partial charge in [-0.25, -0.2) is 4.79 Å². The number of esters is 1. The summed E-state index contributed by atoms with van der Waals surface area (Å²) in [5.41, 5.74) is 1.17. The fourth-order valence-electron chi connectivity index (χ4n) is 10.9. The molecule has 6 fully saturated rings. The number of aliphatic hydroxyl groups is 2. The number of hydrogen-bond acceptors (Lipinski definition) is 5. The number of piperidine rings is 1. The quantitative estimate of drug-likeness (QED) is 0.529. The van der Waals surface area contributed by atoms with Crippen LogP contribution in [0.2, 0.25) is 0 Å². The standard InChI is InChI=1S/C29H37NO4/c1-4-30-15-27(3)11-10-23(34-26(33)17-8-6-5-7-9-17)29-21(27)12-19(24(29)30)28-14-18(16(2)25(28)32)20(31)13-22(28)29/h5-9,18-25,31-32H,2,4,10-15H2,1,3H3/t18-,19?,20+,21-,22-,23?,24?,25-,27+,28?,29?/m1/s1. The van der Waals surface area contributed by atoms with Gasteiger partial charge in [0.15, 0.2) is 0 Å². The van der Waals surface area contributed by atoms with E-state index in [4.69, 9.17) is 4.74 Å². The van der Waals surface area contributed by atoms with Crippen LogP contribution < -0.4 is 0 Å². The van der Waals surface area contributed by atoms with E-state index in [-0.39, 0.29) is 40.2 Å². The molecule has 7 bridgehead atoms. The monoisotopic (exact) mass is 463 g/mol. The van der Waals surface area contributed by atoms with Crippen molar-refractivity contribution in [3.05, 3.63) is 48.0 Å². The van der Waals surface area contributed by atoms with E-state index < -0.39 is 12.2 Å². The molecule has 5 saturated carbocycles. The minimum atomic E-state index is -0.567. The Morgan fingerprint density at radius 2 is 1.97 bits per heavy atom. The molecule has 1 heterocycles. The van der Waals surface area contributed by atoms with E-state index in [1.165, 1.54) is 0 Å². The highest BCUT2D eigenvalue weighted by atomic mass is 16.5. The summed E-state index contributed by atoms with van der Waals surface area (Å²) in [7, 11) is 0. The summed E-state index contributed by atoms with van der Waals surface area (Å²) in [4.78, 5) is 16.0. The second-order valence-corrected chi connectivity index (χ2v) is 12.6. The molecule has 0 aromatic heterocycles. The van der Waals surface area contributed by atoms with Gasteiger partial charge in [0.05, 0.1) is 17.8 Å². The van der Waals surface area contributed by atoms with Crippen LogP contribution in [0.3, 0.4) is 0 Å². The lowest BCUT2D eigenvalue weighted by Crippen LogP contribution is -2.69. The van der Waals surface area contributed by atoms with Crippen molar-refractivity contribution in [2.24, 2.45) is 39.9 Å². The van der Waals surface area contributed by atoms with Crippen molar-refractivity contribution in [3.8, 4) is 0 Å². The van der Waals surface area contributed by atoms with Crippen LogP contribution in [0.5, 0.6) is 0 Å². The van der Waals surface area contributed by atoms with Crippen LogP contribution in [0, 0.1) is 39.9 Å². The normalized spacial score (nSPS) is 52.5. The topological polar surface area (TPSA) is 70.0 Å². The maximum absolute atomic E-state index is 13.4. The van der Waals surface area contributed by atoms with Crippen LogP contribution in [-0.2, 0) is 4.74 Å². The summed E-state index contributed by atoms with van der Waals surface area (Å²) in [6, 6.07) is 9.64. The molecular formula is C29H37NO4. The van der Waals surface area contributed by atoms with Crippen molar-refractivity contribution in [2.45, 2.75) is 70.3 Å². The zero-order valence-electron chi connectivity index (χ0n) is 20.3. The van der Waals surface area contributed by atoms with E-state index >= 15 is 0 Å². The van der Waals surface area contributed by atoms with Gasteiger partial charge >= 0.3 is 5.97 Å². The number of ether oxygens (including phenoxy) is 1. The van der Waals surface area contributed by atoms with Crippen molar-refractivity contribution in [1.82, 2.24) is 4.90 Å². The third-order valence-corrected chi connectivity index (χ3v) is 11.8. The van der Waals surface area contributed by atoms with Gasteiger partial charge in [-0.15, -0.1) is 0 Å². The van der Waals surface area contributed by atoms with Crippen LogP contribution >= 0.6 is 0 Å². The highest BCUT2D eigenvalue weighted by Gasteiger charge is 2.85. The summed E-state index contributed by atoms with van der Waals surface area (Å²) in [5.74, 6) is 0.735. The molecule has 7 rings (SSSR count). The first-order chi connectivity index (χ1) is 16.3. The van der Waals surface area contributed by atoms with Crippen LogP contribution in [-0.4, -0.2) is 58.5 Å². The number of likely N-dealkylation sites (tertiary alicyclic amines) is 1. The highest BCUT2D eigenvalue weighted by Crippen LogP contribution is 2.83.